The Morgan fingerprint density at radius 2 is 1.83 bits per heavy atom. The highest BCUT2D eigenvalue weighted by Crippen LogP contribution is 2.36. The van der Waals surface area contributed by atoms with Gasteiger partial charge in [-0.3, -0.25) is 4.79 Å². The standard InChI is InChI=1S/C21H24ClNO6/c1-4-5-8-29-19-16(22)10-14(11-18(19)28-3)20(24)23-12-13-6-7-17(27-2)15(9-13)21(25)26/h6-7,9-11H,4-5,8,12H2,1-3H3,(H,23,24)(H,25,26). The number of rotatable bonds is 10. The van der Waals surface area contributed by atoms with Crippen molar-refractivity contribution in [3.8, 4) is 17.2 Å². The number of hydrogen-bond donors (Lipinski definition) is 2. The molecule has 2 N–H and O–H groups in total. The Hall–Kier alpha value is -2.93. The first-order valence-corrected chi connectivity index (χ1v) is 9.47. The van der Waals surface area contributed by atoms with Crippen molar-refractivity contribution >= 4 is 23.5 Å². The van der Waals surface area contributed by atoms with Crippen molar-refractivity contribution in [1.29, 1.82) is 0 Å². The molecule has 0 heterocycles. The van der Waals surface area contributed by atoms with Gasteiger partial charge in [-0.25, -0.2) is 4.79 Å². The quantitative estimate of drug-likeness (QED) is 0.559. The van der Waals surface area contributed by atoms with Crippen molar-refractivity contribution in [3.05, 3.63) is 52.0 Å². The minimum absolute atomic E-state index is 0.0255. The molecule has 0 radical (unpaired) electrons. The van der Waals surface area contributed by atoms with E-state index in [4.69, 9.17) is 25.8 Å². The van der Waals surface area contributed by atoms with E-state index in [1.165, 1.54) is 26.4 Å². The number of halogens is 1. The third kappa shape index (κ3) is 5.77. The summed E-state index contributed by atoms with van der Waals surface area (Å²) in [6.07, 6.45) is 1.86. The molecule has 2 aromatic carbocycles. The summed E-state index contributed by atoms with van der Waals surface area (Å²) in [6, 6.07) is 7.76. The smallest absolute Gasteiger partial charge is 0.339 e. The summed E-state index contributed by atoms with van der Waals surface area (Å²) >= 11 is 6.28. The molecule has 7 nitrogen and oxygen atoms in total. The van der Waals surface area contributed by atoms with Gasteiger partial charge in [-0.15, -0.1) is 0 Å². The SMILES string of the molecule is CCCCOc1c(Cl)cc(C(=O)NCc2ccc(OC)c(C(=O)O)c2)cc1OC. The number of ether oxygens (including phenoxy) is 3. The minimum Gasteiger partial charge on any atom is -0.496 e. The Labute approximate surface area is 174 Å². The maximum Gasteiger partial charge on any atom is 0.339 e. The van der Waals surface area contributed by atoms with E-state index >= 15 is 0 Å². The van der Waals surface area contributed by atoms with Crippen LogP contribution in [-0.2, 0) is 6.54 Å². The fourth-order valence-corrected chi connectivity index (χ4v) is 2.89. The van der Waals surface area contributed by atoms with E-state index in [0.717, 1.165) is 12.8 Å². The van der Waals surface area contributed by atoms with Crippen LogP contribution in [0.1, 0.15) is 46.0 Å². The van der Waals surface area contributed by atoms with Crippen LogP contribution in [0.15, 0.2) is 30.3 Å². The predicted octanol–water partition coefficient (Wildman–Crippen LogP) is 4.16. The van der Waals surface area contributed by atoms with Crippen LogP contribution in [0.5, 0.6) is 17.2 Å². The molecule has 0 atom stereocenters. The van der Waals surface area contributed by atoms with Crippen LogP contribution >= 0.6 is 11.6 Å². The van der Waals surface area contributed by atoms with Gasteiger partial charge in [-0.05, 0) is 36.2 Å². The third-order valence-corrected chi connectivity index (χ3v) is 4.46. The van der Waals surface area contributed by atoms with Crippen LogP contribution in [-0.4, -0.2) is 37.8 Å². The van der Waals surface area contributed by atoms with E-state index in [1.54, 1.807) is 18.2 Å². The summed E-state index contributed by atoms with van der Waals surface area (Å²) < 4.78 is 16.0. The molecule has 2 rings (SSSR count). The van der Waals surface area contributed by atoms with Gasteiger partial charge in [0.15, 0.2) is 11.5 Å². The summed E-state index contributed by atoms with van der Waals surface area (Å²) in [5.74, 6) is -0.456. The van der Waals surface area contributed by atoms with Gasteiger partial charge in [0.05, 0.1) is 25.8 Å². The zero-order valence-electron chi connectivity index (χ0n) is 16.6. The predicted molar refractivity (Wildman–Crippen MR) is 110 cm³/mol. The van der Waals surface area contributed by atoms with Crippen LogP contribution in [0, 0.1) is 0 Å². The van der Waals surface area contributed by atoms with E-state index in [9.17, 15) is 14.7 Å². The van der Waals surface area contributed by atoms with E-state index in [-0.39, 0.29) is 28.8 Å². The molecule has 0 spiro atoms. The number of aromatic carboxylic acids is 1. The number of carbonyl (C=O) groups excluding carboxylic acids is 1. The van der Waals surface area contributed by atoms with Crippen molar-refractivity contribution < 1.29 is 28.9 Å². The molecule has 0 aromatic heterocycles. The van der Waals surface area contributed by atoms with Crippen LogP contribution < -0.4 is 19.5 Å². The van der Waals surface area contributed by atoms with Gasteiger partial charge in [0.25, 0.3) is 5.91 Å². The molecule has 0 saturated heterocycles. The molecule has 156 valence electrons. The number of unbranched alkanes of at least 4 members (excludes halogenated alkanes) is 1. The molecule has 0 aliphatic carbocycles. The Morgan fingerprint density at radius 1 is 1.10 bits per heavy atom. The average molecular weight is 422 g/mol. The molecule has 2 aromatic rings. The Kier molecular flexibility index (Phi) is 8.15. The molecule has 0 bridgehead atoms. The van der Waals surface area contributed by atoms with Gasteiger partial charge in [-0.2, -0.15) is 0 Å². The van der Waals surface area contributed by atoms with Crippen LogP contribution in [0.3, 0.4) is 0 Å². The Morgan fingerprint density at radius 3 is 2.45 bits per heavy atom. The lowest BCUT2D eigenvalue weighted by Crippen LogP contribution is -2.23. The fraction of sp³-hybridized carbons (Fsp3) is 0.333. The zero-order chi connectivity index (χ0) is 21.4. The molecule has 0 aliphatic heterocycles. The van der Waals surface area contributed by atoms with Crippen LogP contribution in [0.25, 0.3) is 0 Å². The highest BCUT2D eigenvalue weighted by molar-refractivity contribution is 6.32. The number of carboxylic acids is 1. The third-order valence-electron chi connectivity index (χ3n) is 4.18. The number of benzene rings is 2. The molecule has 0 unspecified atom stereocenters. The van der Waals surface area contributed by atoms with Crippen molar-refractivity contribution in [2.45, 2.75) is 26.3 Å². The normalized spacial score (nSPS) is 10.3. The lowest BCUT2D eigenvalue weighted by Gasteiger charge is -2.14. The van der Waals surface area contributed by atoms with Crippen LogP contribution in [0.2, 0.25) is 5.02 Å². The van der Waals surface area contributed by atoms with Gasteiger partial charge in [0, 0.05) is 12.1 Å². The largest absolute Gasteiger partial charge is 0.496 e. The molecular formula is C21H24ClNO6. The zero-order valence-corrected chi connectivity index (χ0v) is 17.3. The number of amides is 1. The van der Waals surface area contributed by atoms with Gasteiger partial charge < -0.3 is 24.6 Å². The topological polar surface area (TPSA) is 94.1 Å². The second-order valence-electron chi connectivity index (χ2n) is 6.21. The number of carboxylic acid groups (broad SMARTS) is 1. The number of hydrogen-bond acceptors (Lipinski definition) is 5. The second-order valence-corrected chi connectivity index (χ2v) is 6.62. The average Bonchev–Trinajstić information content (AvgIpc) is 2.72. The lowest BCUT2D eigenvalue weighted by molar-refractivity contribution is 0.0693. The van der Waals surface area contributed by atoms with Gasteiger partial charge >= 0.3 is 5.97 Å². The number of nitrogens with one attached hydrogen (secondary N) is 1. The minimum atomic E-state index is -1.11. The van der Waals surface area contributed by atoms with Crippen molar-refractivity contribution in [1.82, 2.24) is 5.32 Å². The first-order chi connectivity index (χ1) is 13.9. The molecule has 8 heteroatoms. The van der Waals surface area contributed by atoms with E-state index in [1.807, 2.05) is 0 Å². The summed E-state index contributed by atoms with van der Waals surface area (Å²) in [5, 5.41) is 12.3. The molecule has 0 aliphatic rings. The number of methoxy groups -OCH3 is 2. The van der Waals surface area contributed by atoms with Crippen molar-refractivity contribution in [2.24, 2.45) is 0 Å². The maximum atomic E-state index is 12.5. The van der Waals surface area contributed by atoms with Crippen molar-refractivity contribution in [3.63, 3.8) is 0 Å². The molecule has 0 saturated carbocycles. The maximum absolute atomic E-state index is 12.5. The van der Waals surface area contributed by atoms with Crippen LogP contribution in [0.4, 0.5) is 0 Å². The van der Waals surface area contributed by atoms with E-state index < -0.39 is 5.97 Å². The van der Waals surface area contributed by atoms with Crippen molar-refractivity contribution in [2.75, 3.05) is 20.8 Å². The lowest BCUT2D eigenvalue weighted by atomic mass is 10.1. The highest BCUT2D eigenvalue weighted by Gasteiger charge is 2.17. The number of carbonyl (C=O) groups is 2. The first-order valence-electron chi connectivity index (χ1n) is 9.10. The Balaban J connectivity index is 2.14. The summed E-state index contributed by atoms with van der Waals surface area (Å²) in [4.78, 5) is 23.9. The van der Waals surface area contributed by atoms with E-state index in [2.05, 4.69) is 12.2 Å². The molecule has 0 fully saturated rings. The second kappa shape index (κ2) is 10.6. The molecule has 1 amide bonds. The summed E-state index contributed by atoms with van der Waals surface area (Å²) in [5.41, 5.74) is 0.952. The van der Waals surface area contributed by atoms with Gasteiger partial charge in [0.1, 0.15) is 11.3 Å². The van der Waals surface area contributed by atoms with Gasteiger partial charge in [0.2, 0.25) is 0 Å². The van der Waals surface area contributed by atoms with Gasteiger partial charge in [-0.1, -0.05) is 31.0 Å². The molecular weight excluding hydrogens is 398 g/mol. The summed E-state index contributed by atoms with van der Waals surface area (Å²) in [7, 11) is 2.88. The highest BCUT2D eigenvalue weighted by atomic mass is 35.5. The first kappa shape index (κ1) is 22.4. The molecule has 29 heavy (non-hydrogen) atoms. The Bertz CT molecular complexity index is 884. The van der Waals surface area contributed by atoms with E-state index in [0.29, 0.717) is 29.2 Å². The summed E-state index contributed by atoms with van der Waals surface area (Å²) in [6.45, 7) is 2.69. The fourth-order valence-electron chi connectivity index (χ4n) is 2.63. The monoisotopic (exact) mass is 421 g/mol.